The van der Waals surface area contributed by atoms with E-state index in [1.54, 1.807) is 35.3 Å². The van der Waals surface area contributed by atoms with Crippen molar-refractivity contribution in [2.75, 3.05) is 5.88 Å². The van der Waals surface area contributed by atoms with E-state index in [-0.39, 0.29) is 34.9 Å². The molecule has 0 bridgehead atoms. The number of phenolic OH excluding ortho intramolecular Hbond substituents is 1. The van der Waals surface area contributed by atoms with Gasteiger partial charge in [-0.3, -0.25) is 14.4 Å². The summed E-state index contributed by atoms with van der Waals surface area (Å²) in [7, 11) is 0. The highest BCUT2D eigenvalue weighted by Crippen LogP contribution is 2.29. The highest BCUT2D eigenvalue weighted by molar-refractivity contribution is 7.99. The van der Waals surface area contributed by atoms with Gasteiger partial charge in [-0.1, -0.05) is 42.5 Å². The molecule has 4 rings (SSSR count). The summed E-state index contributed by atoms with van der Waals surface area (Å²) in [5.41, 5.74) is 2.54. The normalized spacial score (nSPS) is 18.9. The van der Waals surface area contributed by atoms with Gasteiger partial charge in [-0.05, 0) is 61.9 Å². The zero-order valence-corrected chi connectivity index (χ0v) is 25.0. The molecular weight excluding hydrogens is 558 g/mol. The summed E-state index contributed by atoms with van der Waals surface area (Å²) < 4.78 is 0. The van der Waals surface area contributed by atoms with Crippen LogP contribution < -0.4 is 5.32 Å². The zero-order valence-electron chi connectivity index (χ0n) is 23.3. The molecule has 216 valence electrons. The number of carbonyl (C=O) groups is 3. The van der Waals surface area contributed by atoms with Crippen molar-refractivity contribution in [2.24, 2.45) is 0 Å². The van der Waals surface area contributed by atoms with Crippen molar-refractivity contribution in [3.63, 3.8) is 0 Å². The van der Waals surface area contributed by atoms with Crippen LogP contribution in [0.15, 0.2) is 72.6 Å². The number of carbonyl (C=O) groups excluding carboxylic acids is 3. The quantitative estimate of drug-likeness (QED) is 0.321. The standard InChI is InChI=1S/C31H35N3O5S2/c1-5-25-30(38)33(17-27-19(2)14-15-40-27)21(4)41-18-34(25)31(39)28(36)24(16-22-10-7-6-8-11-22)32-29(37)23-12-9-13-26(35)20(23)3/h5-15,21,24-25,28,35-36H,1,16-18H2,2-4H3,(H,32,37)/t21?,24-,25-,28-/m0/s1. The van der Waals surface area contributed by atoms with Crippen LogP contribution in [0.3, 0.4) is 0 Å². The number of hydrogen-bond acceptors (Lipinski definition) is 7. The third kappa shape index (κ3) is 6.83. The largest absolute Gasteiger partial charge is 0.508 e. The molecule has 3 N–H and O–H groups in total. The highest BCUT2D eigenvalue weighted by Gasteiger charge is 2.41. The minimum Gasteiger partial charge on any atom is -0.508 e. The fraction of sp³-hybridized carbons (Fsp3) is 0.323. The van der Waals surface area contributed by atoms with Crippen molar-refractivity contribution in [1.82, 2.24) is 15.1 Å². The number of aliphatic hydroxyl groups excluding tert-OH is 1. The van der Waals surface area contributed by atoms with Crippen LogP contribution in [0.5, 0.6) is 5.75 Å². The molecule has 1 unspecified atom stereocenters. The number of phenols is 1. The molecule has 10 heteroatoms. The Hall–Kier alpha value is -3.60. The van der Waals surface area contributed by atoms with Gasteiger partial charge in [0.05, 0.1) is 23.8 Å². The van der Waals surface area contributed by atoms with Crippen molar-refractivity contribution in [3.8, 4) is 5.75 Å². The Bertz CT molecular complexity index is 1410. The second-order valence-electron chi connectivity index (χ2n) is 10.0. The van der Waals surface area contributed by atoms with Crippen LogP contribution in [0.2, 0.25) is 0 Å². The third-order valence-electron chi connectivity index (χ3n) is 7.35. The first-order chi connectivity index (χ1) is 19.6. The molecule has 3 amide bonds. The number of rotatable bonds is 9. The molecule has 2 heterocycles. The van der Waals surface area contributed by atoms with Gasteiger partial charge in [0.25, 0.3) is 17.7 Å². The molecule has 0 spiro atoms. The average Bonchev–Trinajstić information content (AvgIpc) is 3.33. The van der Waals surface area contributed by atoms with Gasteiger partial charge in [0.15, 0.2) is 6.10 Å². The van der Waals surface area contributed by atoms with Gasteiger partial charge in [0, 0.05) is 16.0 Å². The van der Waals surface area contributed by atoms with E-state index < -0.39 is 30.0 Å². The topological polar surface area (TPSA) is 110 Å². The lowest BCUT2D eigenvalue weighted by Crippen LogP contribution is -2.56. The van der Waals surface area contributed by atoms with Gasteiger partial charge in [0.1, 0.15) is 11.8 Å². The molecule has 1 saturated heterocycles. The number of aromatic hydroxyl groups is 1. The molecular formula is C31H35N3O5S2. The van der Waals surface area contributed by atoms with Gasteiger partial charge < -0.3 is 25.3 Å². The molecule has 1 fully saturated rings. The van der Waals surface area contributed by atoms with Crippen molar-refractivity contribution in [3.05, 3.63) is 99.8 Å². The van der Waals surface area contributed by atoms with Gasteiger partial charge >= 0.3 is 0 Å². The number of thiophene rings is 1. The van der Waals surface area contributed by atoms with Crippen LogP contribution in [0.25, 0.3) is 0 Å². The van der Waals surface area contributed by atoms with E-state index in [0.717, 1.165) is 16.0 Å². The minimum atomic E-state index is -1.64. The molecule has 1 aromatic heterocycles. The highest BCUT2D eigenvalue weighted by atomic mass is 32.2. The first kappa shape index (κ1) is 30.4. The van der Waals surface area contributed by atoms with Crippen molar-refractivity contribution in [1.29, 1.82) is 0 Å². The first-order valence-electron chi connectivity index (χ1n) is 13.3. The van der Waals surface area contributed by atoms with Crippen LogP contribution >= 0.6 is 23.1 Å². The maximum Gasteiger partial charge on any atom is 0.255 e. The number of aliphatic hydroxyl groups is 1. The fourth-order valence-corrected chi connectivity index (χ4v) is 6.69. The summed E-state index contributed by atoms with van der Waals surface area (Å²) >= 11 is 3.00. The lowest BCUT2D eigenvalue weighted by molar-refractivity contribution is -0.148. The number of benzene rings is 2. The lowest BCUT2D eigenvalue weighted by Gasteiger charge is -2.32. The van der Waals surface area contributed by atoms with Crippen LogP contribution in [-0.4, -0.2) is 67.2 Å². The summed E-state index contributed by atoms with van der Waals surface area (Å²) in [5, 5.41) is 26.1. The van der Waals surface area contributed by atoms with E-state index in [2.05, 4.69) is 11.9 Å². The summed E-state index contributed by atoms with van der Waals surface area (Å²) in [6.07, 6.45) is -0.0413. The Balaban J connectivity index is 1.60. The fourth-order valence-electron chi connectivity index (χ4n) is 4.76. The Morgan fingerprint density at radius 3 is 2.54 bits per heavy atom. The van der Waals surface area contributed by atoms with Gasteiger partial charge in [-0.25, -0.2) is 0 Å². The van der Waals surface area contributed by atoms with E-state index in [4.69, 9.17) is 0 Å². The molecule has 3 aromatic rings. The molecule has 1 aliphatic heterocycles. The summed E-state index contributed by atoms with van der Waals surface area (Å²) in [6.45, 7) is 9.80. The monoisotopic (exact) mass is 593 g/mol. The average molecular weight is 594 g/mol. The second-order valence-corrected chi connectivity index (χ2v) is 12.3. The molecule has 1 aliphatic rings. The minimum absolute atomic E-state index is 0.0285. The van der Waals surface area contributed by atoms with Crippen LogP contribution in [-0.2, 0) is 22.6 Å². The van der Waals surface area contributed by atoms with Crippen molar-refractivity contribution in [2.45, 2.75) is 57.3 Å². The molecule has 0 saturated carbocycles. The Morgan fingerprint density at radius 1 is 1.15 bits per heavy atom. The summed E-state index contributed by atoms with van der Waals surface area (Å²) in [4.78, 5) is 45.0. The second kappa shape index (κ2) is 13.4. The molecule has 4 atom stereocenters. The van der Waals surface area contributed by atoms with Crippen LogP contribution in [0.1, 0.15) is 38.8 Å². The molecule has 2 aromatic carbocycles. The number of nitrogens with one attached hydrogen (secondary N) is 1. The predicted molar refractivity (Wildman–Crippen MR) is 163 cm³/mol. The van der Waals surface area contributed by atoms with Crippen molar-refractivity contribution < 1.29 is 24.6 Å². The maximum atomic E-state index is 13.9. The number of hydrogen-bond donors (Lipinski definition) is 3. The SMILES string of the molecule is C=C[C@H]1C(=O)N(Cc2sccc2C)C(C)SCN1C(=O)[C@@H](O)[C@H](Cc1ccccc1)NC(=O)c1cccc(O)c1C. The van der Waals surface area contributed by atoms with E-state index in [1.165, 1.54) is 28.8 Å². The van der Waals surface area contributed by atoms with Gasteiger partial charge in [0.2, 0.25) is 0 Å². The van der Waals surface area contributed by atoms with Crippen LogP contribution in [0.4, 0.5) is 0 Å². The van der Waals surface area contributed by atoms with Crippen molar-refractivity contribution >= 4 is 40.8 Å². The number of thioether (sulfide) groups is 1. The van der Waals surface area contributed by atoms with Gasteiger partial charge in [-0.15, -0.1) is 29.7 Å². The Kier molecular flexibility index (Phi) is 9.90. The smallest absolute Gasteiger partial charge is 0.255 e. The summed E-state index contributed by atoms with van der Waals surface area (Å²) in [5.74, 6) is -1.34. The van der Waals surface area contributed by atoms with E-state index in [1.807, 2.05) is 55.6 Å². The Labute approximate surface area is 248 Å². The molecule has 0 aliphatic carbocycles. The number of aryl methyl sites for hydroxylation is 1. The van der Waals surface area contributed by atoms with Gasteiger partial charge in [-0.2, -0.15) is 0 Å². The maximum absolute atomic E-state index is 13.9. The first-order valence-corrected chi connectivity index (χ1v) is 15.2. The van der Waals surface area contributed by atoms with E-state index in [0.29, 0.717) is 12.1 Å². The predicted octanol–water partition coefficient (Wildman–Crippen LogP) is 4.23. The molecule has 0 radical (unpaired) electrons. The van der Waals surface area contributed by atoms with Crippen LogP contribution in [0, 0.1) is 13.8 Å². The third-order valence-corrected chi connectivity index (χ3v) is 9.52. The lowest BCUT2D eigenvalue weighted by atomic mass is 9.98. The summed E-state index contributed by atoms with van der Waals surface area (Å²) in [6, 6.07) is 13.9. The number of nitrogens with zero attached hydrogens (tertiary/aromatic N) is 2. The Morgan fingerprint density at radius 2 is 1.88 bits per heavy atom. The molecule has 8 nitrogen and oxygen atoms in total. The number of amides is 3. The van der Waals surface area contributed by atoms with E-state index >= 15 is 0 Å². The molecule has 41 heavy (non-hydrogen) atoms. The zero-order chi connectivity index (χ0) is 29.7. The van der Waals surface area contributed by atoms with E-state index in [9.17, 15) is 24.6 Å².